The molecule has 0 atom stereocenters. The van der Waals surface area contributed by atoms with E-state index in [0.717, 1.165) is 5.56 Å². The molecule has 2 aromatic rings. The SMILES string of the molecule is O=C(O)CCCc1cnc2c(c1)OCCN2C(=O)Nc1ccccc1. The summed E-state index contributed by atoms with van der Waals surface area (Å²) in [7, 11) is 0. The number of carbonyl (C=O) groups excluding carboxylic acids is 1. The van der Waals surface area contributed by atoms with Gasteiger partial charge in [0.15, 0.2) is 11.6 Å². The number of nitrogens with one attached hydrogen (secondary N) is 1. The maximum absolute atomic E-state index is 12.5. The summed E-state index contributed by atoms with van der Waals surface area (Å²) in [6.45, 7) is 0.798. The van der Waals surface area contributed by atoms with Gasteiger partial charge in [-0.1, -0.05) is 18.2 Å². The van der Waals surface area contributed by atoms with E-state index in [-0.39, 0.29) is 12.5 Å². The molecule has 7 nitrogen and oxygen atoms in total. The van der Waals surface area contributed by atoms with Crippen LogP contribution in [0.4, 0.5) is 16.3 Å². The summed E-state index contributed by atoms with van der Waals surface area (Å²) in [5.41, 5.74) is 1.61. The van der Waals surface area contributed by atoms with Crippen molar-refractivity contribution >= 4 is 23.5 Å². The number of hydrogen-bond acceptors (Lipinski definition) is 4. The molecular formula is C18H19N3O4. The predicted molar refractivity (Wildman–Crippen MR) is 93.1 cm³/mol. The van der Waals surface area contributed by atoms with Crippen LogP contribution in [-0.4, -0.2) is 35.2 Å². The molecule has 0 bridgehead atoms. The van der Waals surface area contributed by atoms with Crippen LogP contribution in [0.15, 0.2) is 42.6 Å². The van der Waals surface area contributed by atoms with Gasteiger partial charge < -0.3 is 15.2 Å². The second-order valence-corrected chi connectivity index (χ2v) is 5.71. The molecule has 0 spiro atoms. The molecule has 1 aromatic carbocycles. The van der Waals surface area contributed by atoms with Gasteiger partial charge in [-0.15, -0.1) is 0 Å². The Labute approximate surface area is 145 Å². The number of amides is 2. The van der Waals surface area contributed by atoms with Gasteiger partial charge >= 0.3 is 12.0 Å². The van der Waals surface area contributed by atoms with Gasteiger partial charge in [0.2, 0.25) is 0 Å². The normalized spacial score (nSPS) is 12.9. The van der Waals surface area contributed by atoms with E-state index in [9.17, 15) is 9.59 Å². The van der Waals surface area contributed by atoms with Gasteiger partial charge in [0, 0.05) is 18.3 Å². The number of anilines is 2. The predicted octanol–water partition coefficient (Wildman–Crippen LogP) is 2.92. The third-order valence-corrected chi connectivity index (χ3v) is 3.84. The average Bonchev–Trinajstić information content (AvgIpc) is 2.61. The highest BCUT2D eigenvalue weighted by molar-refractivity contribution is 6.02. The molecule has 3 rings (SSSR count). The molecule has 1 aliphatic heterocycles. The fraction of sp³-hybridized carbons (Fsp3) is 0.278. The minimum atomic E-state index is -0.814. The molecule has 0 unspecified atom stereocenters. The standard InChI is InChI=1S/C18H19N3O4/c22-16(23)8-4-5-13-11-15-17(19-12-13)21(9-10-25-15)18(24)20-14-6-2-1-3-7-14/h1-3,6-7,11-12H,4-5,8-10H2,(H,20,24)(H,22,23). The Hall–Kier alpha value is -3.09. The summed E-state index contributed by atoms with van der Waals surface area (Å²) in [6.07, 6.45) is 2.92. The third-order valence-electron chi connectivity index (χ3n) is 3.84. The van der Waals surface area contributed by atoms with Crippen molar-refractivity contribution in [2.24, 2.45) is 0 Å². The molecule has 130 valence electrons. The molecule has 1 aliphatic rings. The summed E-state index contributed by atoms with van der Waals surface area (Å²) < 4.78 is 5.62. The zero-order valence-electron chi connectivity index (χ0n) is 13.6. The number of rotatable bonds is 5. The Bertz CT molecular complexity index is 764. The number of nitrogens with zero attached hydrogens (tertiary/aromatic N) is 2. The van der Waals surface area contributed by atoms with Gasteiger partial charge in [0.05, 0.1) is 6.54 Å². The Morgan fingerprint density at radius 2 is 2.08 bits per heavy atom. The minimum absolute atomic E-state index is 0.115. The number of aliphatic carboxylic acids is 1. The monoisotopic (exact) mass is 341 g/mol. The average molecular weight is 341 g/mol. The first-order valence-electron chi connectivity index (χ1n) is 8.10. The molecule has 0 aliphatic carbocycles. The van der Waals surface area contributed by atoms with E-state index < -0.39 is 5.97 Å². The molecule has 7 heteroatoms. The van der Waals surface area contributed by atoms with Crippen molar-refractivity contribution in [1.82, 2.24) is 4.98 Å². The van der Waals surface area contributed by atoms with Gasteiger partial charge in [-0.2, -0.15) is 0 Å². The molecule has 2 heterocycles. The van der Waals surface area contributed by atoms with E-state index in [0.29, 0.717) is 43.2 Å². The van der Waals surface area contributed by atoms with E-state index in [1.165, 1.54) is 0 Å². The number of carbonyl (C=O) groups is 2. The number of pyridine rings is 1. The van der Waals surface area contributed by atoms with Crippen molar-refractivity contribution < 1.29 is 19.4 Å². The number of aryl methyl sites for hydroxylation is 1. The molecule has 2 N–H and O–H groups in total. The second kappa shape index (κ2) is 7.65. The number of para-hydroxylation sites is 1. The number of aromatic nitrogens is 1. The lowest BCUT2D eigenvalue weighted by Crippen LogP contribution is -2.41. The molecule has 0 saturated heterocycles. The van der Waals surface area contributed by atoms with E-state index in [1.54, 1.807) is 11.1 Å². The van der Waals surface area contributed by atoms with E-state index in [2.05, 4.69) is 10.3 Å². The summed E-state index contributed by atoms with van der Waals surface area (Å²) in [4.78, 5) is 29.0. The van der Waals surface area contributed by atoms with Crippen molar-refractivity contribution in [2.45, 2.75) is 19.3 Å². The topological polar surface area (TPSA) is 91.8 Å². The van der Waals surface area contributed by atoms with Crippen LogP contribution in [0.5, 0.6) is 5.75 Å². The summed E-state index contributed by atoms with van der Waals surface area (Å²) >= 11 is 0. The number of ether oxygens (including phenoxy) is 1. The Balaban J connectivity index is 1.71. The van der Waals surface area contributed by atoms with Crippen LogP contribution < -0.4 is 15.0 Å². The highest BCUT2D eigenvalue weighted by Crippen LogP contribution is 2.30. The van der Waals surface area contributed by atoms with Gasteiger partial charge in [0.1, 0.15) is 6.61 Å². The van der Waals surface area contributed by atoms with Crippen LogP contribution in [0, 0.1) is 0 Å². The Morgan fingerprint density at radius 1 is 1.28 bits per heavy atom. The lowest BCUT2D eigenvalue weighted by molar-refractivity contribution is -0.137. The lowest BCUT2D eigenvalue weighted by Gasteiger charge is -2.28. The van der Waals surface area contributed by atoms with Crippen LogP contribution in [0.3, 0.4) is 0 Å². The first-order valence-corrected chi connectivity index (χ1v) is 8.10. The molecule has 1 aromatic heterocycles. The van der Waals surface area contributed by atoms with E-state index >= 15 is 0 Å². The molecule has 0 radical (unpaired) electrons. The van der Waals surface area contributed by atoms with Crippen molar-refractivity contribution in [1.29, 1.82) is 0 Å². The first kappa shape index (κ1) is 16.8. The van der Waals surface area contributed by atoms with Crippen molar-refractivity contribution in [2.75, 3.05) is 23.4 Å². The highest BCUT2D eigenvalue weighted by Gasteiger charge is 2.25. The molecular weight excluding hydrogens is 322 g/mol. The number of carboxylic acids is 1. The van der Waals surface area contributed by atoms with Crippen LogP contribution >= 0.6 is 0 Å². The first-order chi connectivity index (χ1) is 12.1. The number of fused-ring (bicyclic) bond motifs is 1. The zero-order valence-corrected chi connectivity index (χ0v) is 13.6. The molecule has 0 fully saturated rings. The van der Waals surface area contributed by atoms with Crippen molar-refractivity contribution in [3.05, 3.63) is 48.2 Å². The van der Waals surface area contributed by atoms with Crippen LogP contribution in [0.1, 0.15) is 18.4 Å². The highest BCUT2D eigenvalue weighted by atomic mass is 16.5. The number of urea groups is 1. The lowest BCUT2D eigenvalue weighted by atomic mass is 10.1. The Morgan fingerprint density at radius 3 is 2.84 bits per heavy atom. The summed E-state index contributed by atoms with van der Waals surface area (Å²) in [5.74, 6) is 0.204. The number of carboxylic acid groups (broad SMARTS) is 1. The fourth-order valence-corrected chi connectivity index (χ4v) is 2.63. The largest absolute Gasteiger partial charge is 0.488 e. The number of benzene rings is 1. The van der Waals surface area contributed by atoms with Gasteiger partial charge in [-0.05, 0) is 36.6 Å². The van der Waals surface area contributed by atoms with Crippen molar-refractivity contribution in [3.63, 3.8) is 0 Å². The second-order valence-electron chi connectivity index (χ2n) is 5.71. The van der Waals surface area contributed by atoms with Gasteiger partial charge in [0.25, 0.3) is 0 Å². The molecule has 0 saturated carbocycles. The van der Waals surface area contributed by atoms with Crippen LogP contribution in [0.25, 0.3) is 0 Å². The minimum Gasteiger partial charge on any atom is -0.488 e. The molecule has 25 heavy (non-hydrogen) atoms. The summed E-state index contributed by atoms with van der Waals surface area (Å²) in [6, 6.07) is 10.8. The zero-order chi connectivity index (χ0) is 17.6. The van der Waals surface area contributed by atoms with E-state index in [1.807, 2.05) is 36.4 Å². The van der Waals surface area contributed by atoms with Gasteiger partial charge in [-0.3, -0.25) is 9.69 Å². The summed E-state index contributed by atoms with van der Waals surface area (Å²) in [5, 5.41) is 11.5. The third kappa shape index (κ3) is 4.26. The quantitative estimate of drug-likeness (QED) is 0.872. The number of hydrogen-bond donors (Lipinski definition) is 2. The molecule has 2 amide bonds. The van der Waals surface area contributed by atoms with Gasteiger partial charge in [-0.25, -0.2) is 9.78 Å². The Kier molecular flexibility index (Phi) is 5.13. The fourth-order valence-electron chi connectivity index (χ4n) is 2.63. The maximum Gasteiger partial charge on any atom is 0.327 e. The maximum atomic E-state index is 12.5. The van der Waals surface area contributed by atoms with Crippen LogP contribution in [-0.2, 0) is 11.2 Å². The van der Waals surface area contributed by atoms with E-state index in [4.69, 9.17) is 9.84 Å². The van der Waals surface area contributed by atoms with Crippen LogP contribution in [0.2, 0.25) is 0 Å². The van der Waals surface area contributed by atoms with Crippen molar-refractivity contribution in [3.8, 4) is 5.75 Å². The smallest absolute Gasteiger partial charge is 0.327 e.